The lowest BCUT2D eigenvalue weighted by Crippen LogP contribution is -2.36. The number of halogens is 2. The van der Waals surface area contributed by atoms with Crippen molar-refractivity contribution in [3.63, 3.8) is 0 Å². The Bertz CT molecular complexity index is 856. The molecular weight excluding hydrogens is 394 g/mol. The fourth-order valence-corrected chi connectivity index (χ4v) is 5.04. The number of benzene rings is 2. The van der Waals surface area contributed by atoms with Crippen molar-refractivity contribution in [2.75, 3.05) is 50.0 Å². The van der Waals surface area contributed by atoms with E-state index in [1.807, 2.05) is 29.2 Å². The Labute approximate surface area is 173 Å². The molecule has 2 aliphatic rings. The summed E-state index contributed by atoms with van der Waals surface area (Å²) < 4.78 is 33.1. The minimum absolute atomic E-state index is 0.0144. The molecule has 2 aromatic carbocycles. The van der Waals surface area contributed by atoms with E-state index in [-0.39, 0.29) is 17.0 Å². The number of morpholine rings is 1. The number of hydrogen-bond donors (Lipinski definition) is 0. The van der Waals surface area contributed by atoms with Crippen LogP contribution in [0.5, 0.6) is 0 Å². The number of carbonyl (C=O) groups is 1. The number of carbonyl (C=O) groups excluding carboxylic acids is 1. The molecule has 1 amide bonds. The number of rotatable bonds is 3. The van der Waals surface area contributed by atoms with Crippen molar-refractivity contribution in [3.05, 3.63) is 65.2 Å². The van der Waals surface area contributed by atoms with Crippen molar-refractivity contribution < 1.29 is 18.3 Å². The lowest BCUT2D eigenvalue weighted by Gasteiger charge is -2.29. The Morgan fingerprint density at radius 3 is 2.52 bits per heavy atom. The summed E-state index contributed by atoms with van der Waals surface area (Å²) in [5.74, 6) is -0.139. The molecule has 0 aromatic heterocycles. The molecule has 2 fully saturated rings. The van der Waals surface area contributed by atoms with Gasteiger partial charge >= 0.3 is 0 Å². The summed E-state index contributed by atoms with van der Waals surface area (Å²) in [6, 6.07) is 11.3. The van der Waals surface area contributed by atoms with Gasteiger partial charge in [-0.2, -0.15) is 11.8 Å². The number of hydrogen-bond acceptors (Lipinski definition) is 4. The van der Waals surface area contributed by atoms with E-state index in [0.717, 1.165) is 38.1 Å². The molecular formula is C22H24F2N2O2S. The zero-order chi connectivity index (χ0) is 20.2. The first kappa shape index (κ1) is 20.2. The van der Waals surface area contributed by atoms with Gasteiger partial charge in [-0.05, 0) is 48.9 Å². The average Bonchev–Trinajstić information content (AvgIpc) is 3.02. The van der Waals surface area contributed by atoms with Gasteiger partial charge in [-0.15, -0.1) is 0 Å². The minimum Gasteiger partial charge on any atom is -0.378 e. The highest BCUT2D eigenvalue weighted by Gasteiger charge is 2.25. The van der Waals surface area contributed by atoms with Crippen molar-refractivity contribution in [3.8, 4) is 0 Å². The summed E-state index contributed by atoms with van der Waals surface area (Å²) in [7, 11) is 0. The first-order valence-electron chi connectivity index (χ1n) is 9.90. The zero-order valence-electron chi connectivity index (χ0n) is 16.2. The molecule has 0 N–H and O–H groups in total. The molecule has 2 aliphatic heterocycles. The van der Waals surface area contributed by atoms with E-state index in [2.05, 4.69) is 4.90 Å². The molecule has 2 aromatic rings. The fourth-order valence-electron chi connectivity index (χ4n) is 3.80. The summed E-state index contributed by atoms with van der Waals surface area (Å²) in [5.41, 5.74) is 2.14. The number of thioether (sulfide) groups is 1. The topological polar surface area (TPSA) is 32.8 Å². The van der Waals surface area contributed by atoms with Gasteiger partial charge in [0.05, 0.1) is 13.2 Å². The van der Waals surface area contributed by atoms with Crippen LogP contribution in [0.2, 0.25) is 0 Å². The third kappa shape index (κ3) is 4.73. The molecule has 0 aliphatic carbocycles. The van der Waals surface area contributed by atoms with Crippen molar-refractivity contribution >= 4 is 23.4 Å². The molecule has 29 heavy (non-hydrogen) atoms. The van der Waals surface area contributed by atoms with Crippen LogP contribution in [0.15, 0.2) is 42.5 Å². The molecule has 154 valence electrons. The first-order valence-corrected chi connectivity index (χ1v) is 11.0. The zero-order valence-corrected chi connectivity index (χ0v) is 17.0. The van der Waals surface area contributed by atoms with Crippen LogP contribution in [-0.2, 0) is 4.74 Å². The Kier molecular flexibility index (Phi) is 6.35. The van der Waals surface area contributed by atoms with Gasteiger partial charge in [0.1, 0.15) is 11.6 Å². The van der Waals surface area contributed by atoms with Crippen LogP contribution in [0.1, 0.15) is 27.6 Å². The smallest absolute Gasteiger partial charge is 0.253 e. The predicted octanol–water partition coefficient (Wildman–Crippen LogP) is 4.12. The summed E-state index contributed by atoms with van der Waals surface area (Å²) in [6.45, 7) is 4.28. The number of nitrogens with zero attached hydrogens (tertiary/aromatic N) is 2. The molecule has 0 saturated carbocycles. The van der Waals surface area contributed by atoms with Gasteiger partial charge in [0.25, 0.3) is 5.91 Å². The molecule has 0 unspecified atom stereocenters. The van der Waals surface area contributed by atoms with Crippen LogP contribution in [0.4, 0.5) is 14.5 Å². The fraction of sp³-hybridized carbons (Fsp3) is 0.409. The van der Waals surface area contributed by atoms with Gasteiger partial charge < -0.3 is 14.5 Å². The van der Waals surface area contributed by atoms with Crippen LogP contribution >= 0.6 is 11.8 Å². The summed E-state index contributed by atoms with van der Waals surface area (Å²) >= 11 is 1.58. The van der Waals surface area contributed by atoms with Crippen LogP contribution in [0.3, 0.4) is 0 Å². The van der Waals surface area contributed by atoms with E-state index < -0.39 is 5.82 Å². The number of anilines is 1. The summed E-state index contributed by atoms with van der Waals surface area (Å²) in [4.78, 5) is 17.0. The Hall–Kier alpha value is -2.12. The van der Waals surface area contributed by atoms with E-state index >= 15 is 0 Å². The molecule has 1 atom stereocenters. The van der Waals surface area contributed by atoms with Gasteiger partial charge in [-0.1, -0.05) is 0 Å². The van der Waals surface area contributed by atoms with Crippen molar-refractivity contribution in [1.82, 2.24) is 4.90 Å². The quantitative estimate of drug-likeness (QED) is 0.751. The lowest BCUT2D eigenvalue weighted by molar-refractivity contribution is 0.0766. The maximum absolute atomic E-state index is 14.1. The standard InChI is InChI=1S/C22H24F2N2O2S/c23-17-3-6-20(24)19(15-17)21-7-8-26(11-14-29-21)22(27)16-1-4-18(5-2-16)25-9-12-28-13-10-25/h1-6,15,21H,7-14H2/t21-/m1/s1. The van der Waals surface area contributed by atoms with E-state index in [9.17, 15) is 13.6 Å². The van der Waals surface area contributed by atoms with E-state index in [1.54, 1.807) is 11.8 Å². The summed E-state index contributed by atoms with van der Waals surface area (Å²) in [5, 5.41) is -0.146. The maximum atomic E-state index is 14.1. The van der Waals surface area contributed by atoms with Crippen molar-refractivity contribution in [1.29, 1.82) is 0 Å². The molecule has 0 bridgehead atoms. The first-order chi connectivity index (χ1) is 14.1. The number of ether oxygens (including phenoxy) is 1. The molecule has 7 heteroatoms. The third-order valence-corrected chi connectivity index (χ3v) is 6.73. The largest absolute Gasteiger partial charge is 0.378 e. The Morgan fingerprint density at radius 1 is 1.00 bits per heavy atom. The van der Waals surface area contributed by atoms with Crippen molar-refractivity contribution in [2.45, 2.75) is 11.7 Å². The van der Waals surface area contributed by atoms with Gasteiger partial charge in [0.2, 0.25) is 0 Å². The maximum Gasteiger partial charge on any atom is 0.253 e. The van der Waals surface area contributed by atoms with Crippen LogP contribution in [0.25, 0.3) is 0 Å². The van der Waals surface area contributed by atoms with Crippen LogP contribution < -0.4 is 4.90 Å². The van der Waals surface area contributed by atoms with E-state index in [0.29, 0.717) is 36.4 Å². The second kappa shape index (κ2) is 9.13. The molecule has 2 heterocycles. The Balaban J connectivity index is 1.41. The predicted molar refractivity (Wildman–Crippen MR) is 112 cm³/mol. The van der Waals surface area contributed by atoms with Gasteiger partial charge in [-0.3, -0.25) is 4.79 Å². The normalized spacial score (nSPS) is 20.4. The highest BCUT2D eigenvalue weighted by Crippen LogP contribution is 2.36. The molecule has 4 nitrogen and oxygen atoms in total. The van der Waals surface area contributed by atoms with Gasteiger partial charge in [0.15, 0.2) is 0 Å². The van der Waals surface area contributed by atoms with Crippen LogP contribution in [-0.4, -0.2) is 56.0 Å². The second-order valence-electron chi connectivity index (χ2n) is 7.25. The SMILES string of the molecule is O=C(c1ccc(N2CCOCC2)cc1)N1CCS[C@@H](c2cc(F)ccc2F)CC1. The summed E-state index contributed by atoms with van der Waals surface area (Å²) in [6.07, 6.45) is 0.600. The molecule has 0 spiro atoms. The van der Waals surface area contributed by atoms with E-state index in [4.69, 9.17) is 4.74 Å². The molecule has 0 radical (unpaired) electrons. The average molecular weight is 419 g/mol. The van der Waals surface area contributed by atoms with Gasteiger partial charge in [-0.25, -0.2) is 8.78 Å². The lowest BCUT2D eigenvalue weighted by atomic mass is 10.1. The van der Waals surface area contributed by atoms with E-state index in [1.165, 1.54) is 12.1 Å². The Morgan fingerprint density at radius 2 is 1.76 bits per heavy atom. The monoisotopic (exact) mass is 418 g/mol. The van der Waals surface area contributed by atoms with Crippen molar-refractivity contribution in [2.24, 2.45) is 0 Å². The second-order valence-corrected chi connectivity index (χ2v) is 8.56. The minimum atomic E-state index is -0.431. The van der Waals surface area contributed by atoms with Gasteiger partial charge in [0, 0.05) is 54.0 Å². The molecule has 4 rings (SSSR count). The number of amides is 1. The third-order valence-electron chi connectivity index (χ3n) is 5.42. The highest BCUT2D eigenvalue weighted by molar-refractivity contribution is 7.99. The highest BCUT2D eigenvalue weighted by atomic mass is 32.2. The molecule has 2 saturated heterocycles. The van der Waals surface area contributed by atoms with Crippen LogP contribution in [0, 0.1) is 11.6 Å².